The minimum atomic E-state index is 0.262. The van der Waals surface area contributed by atoms with Crippen LogP contribution in [0.25, 0.3) is 0 Å². The van der Waals surface area contributed by atoms with Gasteiger partial charge >= 0.3 is 0 Å². The van der Waals surface area contributed by atoms with E-state index in [4.69, 9.17) is 5.11 Å². The number of nitrogens with zero attached hydrogens (tertiary/aromatic N) is 1. The van der Waals surface area contributed by atoms with Gasteiger partial charge < -0.3 is 15.3 Å². The van der Waals surface area contributed by atoms with Gasteiger partial charge in [-0.05, 0) is 37.8 Å². The minimum Gasteiger partial charge on any atom is -0.395 e. The highest BCUT2D eigenvalue weighted by molar-refractivity contribution is 4.96. The first-order valence-corrected chi connectivity index (χ1v) is 6.54. The predicted molar refractivity (Wildman–Crippen MR) is 68.6 cm³/mol. The molecule has 3 heteroatoms. The smallest absolute Gasteiger partial charge is 0.0558 e. The van der Waals surface area contributed by atoms with E-state index < -0.39 is 0 Å². The van der Waals surface area contributed by atoms with Crippen LogP contribution in [0.1, 0.15) is 33.6 Å². The van der Waals surface area contributed by atoms with Gasteiger partial charge in [-0.1, -0.05) is 20.8 Å². The summed E-state index contributed by atoms with van der Waals surface area (Å²) in [6.45, 7) is 10.1. The van der Waals surface area contributed by atoms with Crippen LogP contribution in [0.5, 0.6) is 0 Å². The number of rotatable bonds is 6. The second kappa shape index (κ2) is 5.99. The van der Waals surface area contributed by atoms with E-state index in [-0.39, 0.29) is 6.61 Å². The third-order valence-corrected chi connectivity index (χ3v) is 3.92. The predicted octanol–water partition coefficient (Wildman–Crippen LogP) is 1.32. The summed E-state index contributed by atoms with van der Waals surface area (Å²) in [4.78, 5) is 2.25. The van der Waals surface area contributed by atoms with Gasteiger partial charge in [0.15, 0.2) is 0 Å². The highest BCUT2D eigenvalue weighted by Gasteiger charge is 2.41. The van der Waals surface area contributed by atoms with Crippen LogP contribution in [-0.4, -0.2) is 49.3 Å². The van der Waals surface area contributed by atoms with Crippen molar-refractivity contribution in [1.29, 1.82) is 0 Å². The van der Waals surface area contributed by atoms with Crippen molar-refractivity contribution in [3.05, 3.63) is 0 Å². The Morgan fingerprint density at radius 1 is 1.44 bits per heavy atom. The molecule has 0 saturated heterocycles. The van der Waals surface area contributed by atoms with Crippen LogP contribution >= 0.6 is 0 Å². The highest BCUT2D eigenvalue weighted by atomic mass is 16.3. The standard InChI is InChI=1S/C13H28N2O/c1-5-14-12-11(6-7-13(12,2)3)10-15(4)8-9-16/h11-12,14,16H,5-10H2,1-4H3. The number of nitrogens with one attached hydrogen (secondary N) is 1. The molecule has 0 amide bonds. The molecule has 2 unspecified atom stereocenters. The summed E-state index contributed by atoms with van der Waals surface area (Å²) in [6.07, 6.45) is 2.61. The van der Waals surface area contributed by atoms with Crippen molar-refractivity contribution < 1.29 is 5.11 Å². The Balaban J connectivity index is 2.52. The quantitative estimate of drug-likeness (QED) is 0.720. The molecule has 1 aliphatic carbocycles. The normalized spacial score (nSPS) is 28.9. The molecule has 96 valence electrons. The molecule has 0 heterocycles. The molecule has 1 rings (SSSR count). The average molecular weight is 228 g/mol. The first-order chi connectivity index (χ1) is 7.51. The maximum atomic E-state index is 8.93. The molecule has 0 aromatic rings. The van der Waals surface area contributed by atoms with Crippen LogP contribution in [0.3, 0.4) is 0 Å². The van der Waals surface area contributed by atoms with Crippen LogP contribution in [0.15, 0.2) is 0 Å². The second-order valence-corrected chi connectivity index (χ2v) is 5.81. The van der Waals surface area contributed by atoms with E-state index in [1.807, 2.05) is 0 Å². The van der Waals surface area contributed by atoms with E-state index >= 15 is 0 Å². The van der Waals surface area contributed by atoms with Crippen molar-refractivity contribution in [2.75, 3.05) is 33.3 Å². The molecule has 1 aliphatic rings. The molecule has 0 bridgehead atoms. The summed E-state index contributed by atoms with van der Waals surface area (Å²) < 4.78 is 0. The SMILES string of the molecule is CCNC1C(CN(C)CCO)CCC1(C)C. The van der Waals surface area contributed by atoms with Gasteiger partial charge in [-0.3, -0.25) is 0 Å². The molecule has 2 atom stereocenters. The van der Waals surface area contributed by atoms with Crippen molar-refractivity contribution in [3.8, 4) is 0 Å². The van der Waals surface area contributed by atoms with Gasteiger partial charge in [0.1, 0.15) is 0 Å². The number of hydrogen-bond acceptors (Lipinski definition) is 3. The van der Waals surface area contributed by atoms with Crippen molar-refractivity contribution in [3.63, 3.8) is 0 Å². The van der Waals surface area contributed by atoms with Crippen molar-refractivity contribution >= 4 is 0 Å². The lowest BCUT2D eigenvalue weighted by Crippen LogP contribution is -2.45. The zero-order valence-electron chi connectivity index (χ0n) is 11.3. The number of likely N-dealkylation sites (N-methyl/N-ethyl adjacent to an activating group) is 1. The topological polar surface area (TPSA) is 35.5 Å². The van der Waals surface area contributed by atoms with Crippen LogP contribution in [0.4, 0.5) is 0 Å². The fraction of sp³-hybridized carbons (Fsp3) is 1.00. The Kier molecular flexibility index (Phi) is 5.22. The molecule has 3 nitrogen and oxygen atoms in total. The van der Waals surface area contributed by atoms with Crippen LogP contribution in [0, 0.1) is 11.3 Å². The molecule has 0 spiro atoms. The molecule has 2 N–H and O–H groups in total. The summed E-state index contributed by atoms with van der Waals surface area (Å²) >= 11 is 0. The minimum absolute atomic E-state index is 0.262. The lowest BCUT2D eigenvalue weighted by atomic mass is 9.84. The molecule has 0 aliphatic heterocycles. The fourth-order valence-corrected chi connectivity index (χ4v) is 3.04. The summed E-state index contributed by atoms with van der Waals surface area (Å²) in [5.41, 5.74) is 0.417. The molecular formula is C13H28N2O. The third-order valence-electron chi connectivity index (χ3n) is 3.92. The monoisotopic (exact) mass is 228 g/mol. The summed E-state index contributed by atoms with van der Waals surface area (Å²) in [6, 6.07) is 0.624. The lowest BCUT2D eigenvalue weighted by molar-refractivity contribution is 0.176. The van der Waals surface area contributed by atoms with Crippen molar-refractivity contribution in [1.82, 2.24) is 10.2 Å². The molecular weight excluding hydrogens is 200 g/mol. The zero-order valence-corrected chi connectivity index (χ0v) is 11.3. The van der Waals surface area contributed by atoms with E-state index in [0.29, 0.717) is 11.5 Å². The van der Waals surface area contributed by atoms with Gasteiger partial charge in [0.05, 0.1) is 6.61 Å². The van der Waals surface area contributed by atoms with Crippen LogP contribution < -0.4 is 5.32 Å². The summed E-state index contributed by atoms with van der Waals surface area (Å²) in [5, 5.41) is 12.6. The molecule has 0 aromatic carbocycles. The van der Waals surface area contributed by atoms with Gasteiger partial charge in [0.25, 0.3) is 0 Å². The lowest BCUT2D eigenvalue weighted by Gasteiger charge is -2.33. The van der Waals surface area contributed by atoms with Crippen LogP contribution in [-0.2, 0) is 0 Å². The zero-order chi connectivity index (χ0) is 12.2. The van der Waals surface area contributed by atoms with E-state index in [1.165, 1.54) is 12.8 Å². The maximum Gasteiger partial charge on any atom is 0.0558 e. The number of hydrogen-bond donors (Lipinski definition) is 2. The second-order valence-electron chi connectivity index (χ2n) is 5.81. The molecule has 1 fully saturated rings. The fourth-order valence-electron chi connectivity index (χ4n) is 3.04. The van der Waals surface area contributed by atoms with E-state index in [2.05, 4.69) is 38.0 Å². The third kappa shape index (κ3) is 3.44. The van der Waals surface area contributed by atoms with Gasteiger partial charge in [0, 0.05) is 19.1 Å². The Bertz CT molecular complexity index is 206. The summed E-state index contributed by atoms with van der Waals surface area (Å²) in [5.74, 6) is 0.728. The molecule has 0 radical (unpaired) electrons. The number of aliphatic hydroxyl groups excluding tert-OH is 1. The van der Waals surface area contributed by atoms with E-state index in [0.717, 1.165) is 25.6 Å². The Labute approximate surface area is 100 Å². The molecule has 1 saturated carbocycles. The Morgan fingerprint density at radius 3 is 2.69 bits per heavy atom. The van der Waals surface area contributed by atoms with Crippen LogP contribution in [0.2, 0.25) is 0 Å². The van der Waals surface area contributed by atoms with Gasteiger partial charge in [-0.2, -0.15) is 0 Å². The van der Waals surface area contributed by atoms with E-state index in [1.54, 1.807) is 0 Å². The maximum absolute atomic E-state index is 8.93. The number of aliphatic hydroxyl groups is 1. The van der Waals surface area contributed by atoms with Gasteiger partial charge in [0.2, 0.25) is 0 Å². The van der Waals surface area contributed by atoms with Gasteiger partial charge in [-0.15, -0.1) is 0 Å². The molecule has 0 aromatic heterocycles. The average Bonchev–Trinajstić information content (AvgIpc) is 2.46. The van der Waals surface area contributed by atoms with E-state index in [9.17, 15) is 0 Å². The highest BCUT2D eigenvalue weighted by Crippen LogP contribution is 2.41. The van der Waals surface area contributed by atoms with Gasteiger partial charge in [-0.25, -0.2) is 0 Å². The summed E-state index contributed by atoms with van der Waals surface area (Å²) in [7, 11) is 2.10. The van der Waals surface area contributed by atoms with Crippen molar-refractivity contribution in [2.45, 2.75) is 39.7 Å². The first-order valence-electron chi connectivity index (χ1n) is 6.54. The largest absolute Gasteiger partial charge is 0.395 e. The molecule has 16 heavy (non-hydrogen) atoms. The first kappa shape index (κ1) is 13.9. The van der Waals surface area contributed by atoms with Crippen molar-refractivity contribution in [2.24, 2.45) is 11.3 Å². The Morgan fingerprint density at radius 2 is 2.12 bits per heavy atom. The Hall–Kier alpha value is -0.120.